The van der Waals surface area contributed by atoms with Gasteiger partial charge in [-0.2, -0.15) is 13.2 Å². The smallest absolute Gasteiger partial charge is 0.390 e. The van der Waals surface area contributed by atoms with Crippen LogP contribution in [0.5, 0.6) is 5.75 Å². The highest BCUT2D eigenvalue weighted by atomic mass is 35.5. The number of rotatable bonds is 3. The minimum absolute atomic E-state index is 0. The molecule has 1 aromatic rings. The van der Waals surface area contributed by atoms with Crippen molar-refractivity contribution in [3.8, 4) is 5.75 Å². The molecule has 0 unspecified atom stereocenters. The van der Waals surface area contributed by atoms with Gasteiger partial charge in [0.15, 0.2) is 0 Å². The molecule has 1 aromatic carbocycles. The average Bonchev–Trinajstić information content (AvgIpc) is 2.40. The van der Waals surface area contributed by atoms with Crippen molar-refractivity contribution in [2.45, 2.75) is 18.6 Å². The Morgan fingerprint density at radius 1 is 1.23 bits per heavy atom. The first-order chi connectivity index (χ1) is 9.78. The predicted molar refractivity (Wildman–Crippen MR) is 83.2 cm³/mol. The summed E-state index contributed by atoms with van der Waals surface area (Å²) in [5.74, 6) is -0.339. The maximum absolute atomic E-state index is 12.9. The van der Waals surface area contributed by atoms with Gasteiger partial charge in [-0.15, -0.1) is 12.4 Å². The minimum Gasteiger partial charge on any atom is -0.506 e. The highest BCUT2D eigenvalue weighted by molar-refractivity contribution is 6.35. The zero-order chi connectivity index (χ0) is 15.6. The van der Waals surface area contributed by atoms with E-state index in [1.807, 2.05) is 0 Å². The molecule has 1 saturated heterocycles. The summed E-state index contributed by atoms with van der Waals surface area (Å²) in [6, 6.07) is 1.66. The molecule has 1 aliphatic heterocycles. The van der Waals surface area contributed by atoms with Crippen LogP contribution in [-0.2, 0) is 0 Å². The van der Waals surface area contributed by atoms with Crippen LogP contribution in [-0.4, -0.2) is 42.4 Å². The Labute approximate surface area is 142 Å². The van der Waals surface area contributed by atoms with E-state index >= 15 is 0 Å². The van der Waals surface area contributed by atoms with E-state index in [0.717, 1.165) is 0 Å². The van der Waals surface area contributed by atoms with Gasteiger partial charge in [-0.3, -0.25) is 4.90 Å². The van der Waals surface area contributed by atoms with Crippen molar-refractivity contribution >= 4 is 35.6 Å². The number of benzene rings is 1. The number of aromatic hydroxyl groups is 1. The van der Waals surface area contributed by atoms with Crippen molar-refractivity contribution < 1.29 is 18.3 Å². The van der Waals surface area contributed by atoms with Crippen LogP contribution in [0.1, 0.15) is 18.0 Å². The minimum atomic E-state index is -4.35. The standard InChI is InChI=1S/C13H15Cl2F3N2O.ClH/c14-8-5-9(12(21)10(15)6-8)11(7-13(16,17)18)20-3-1-19-2-4-20;/h5-6,11,19,21H,1-4,7H2;1H/t11-;/m1./s1. The summed E-state index contributed by atoms with van der Waals surface area (Å²) in [7, 11) is 0. The maximum Gasteiger partial charge on any atom is 0.390 e. The number of hydrogen-bond donors (Lipinski definition) is 2. The number of nitrogens with one attached hydrogen (secondary N) is 1. The van der Waals surface area contributed by atoms with Gasteiger partial charge in [0.1, 0.15) is 5.75 Å². The number of hydrogen-bond acceptors (Lipinski definition) is 3. The van der Waals surface area contributed by atoms with Gasteiger partial charge in [-0.1, -0.05) is 23.2 Å². The molecule has 0 aromatic heterocycles. The normalized spacial score (nSPS) is 17.9. The molecule has 2 rings (SSSR count). The summed E-state index contributed by atoms with van der Waals surface area (Å²) in [6.45, 7) is 2.13. The lowest BCUT2D eigenvalue weighted by Gasteiger charge is -2.36. The summed E-state index contributed by atoms with van der Waals surface area (Å²) < 4.78 is 38.7. The third-order valence-electron chi connectivity index (χ3n) is 3.43. The second-order valence-electron chi connectivity index (χ2n) is 4.95. The van der Waals surface area contributed by atoms with E-state index in [-0.39, 0.29) is 33.8 Å². The van der Waals surface area contributed by atoms with Gasteiger partial charge in [-0.25, -0.2) is 0 Å². The van der Waals surface area contributed by atoms with E-state index in [2.05, 4.69) is 5.32 Å². The van der Waals surface area contributed by atoms with Crippen molar-refractivity contribution in [1.82, 2.24) is 10.2 Å². The van der Waals surface area contributed by atoms with E-state index in [1.54, 1.807) is 4.90 Å². The molecule has 1 aliphatic rings. The van der Waals surface area contributed by atoms with Crippen LogP contribution in [0.25, 0.3) is 0 Å². The number of alkyl halides is 3. The van der Waals surface area contributed by atoms with Gasteiger partial charge in [0.2, 0.25) is 0 Å². The molecule has 126 valence electrons. The first-order valence-electron chi connectivity index (χ1n) is 6.47. The molecule has 1 heterocycles. The number of nitrogens with zero attached hydrogens (tertiary/aromatic N) is 1. The molecule has 2 N–H and O–H groups in total. The molecular formula is C13H16Cl3F3N2O. The van der Waals surface area contributed by atoms with Crippen LogP contribution < -0.4 is 5.32 Å². The van der Waals surface area contributed by atoms with E-state index in [9.17, 15) is 18.3 Å². The molecule has 0 radical (unpaired) electrons. The van der Waals surface area contributed by atoms with Gasteiger partial charge in [0, 0.05) is 42.8 Å². The van der Waals surface area contributed by atoms with Crippen molar-refractivity contribution in [2.24, 2.45) is 0 Å². The molecule has 3 nitrogen and oxygen atoms in total. The lowest BCUT2D eigenvalue weighted by Crippen LogP contribution is -2.46. The van der Waals surface area contributed by atoms with Crippen LogP contribution in [0.3, 0.4) is 0 Å². The summed E-state index contributed by atoms with van der Waals surface area (Å²) in [5.41, 5.74) is 0.117. The Kier molecular flexibility index (Phi) is 7.08. The topological polar surface area (TPSA) is 35.5 Å². The van der Waals surface area contributed by atoms with E-state index in [4.69, 9.17) is 23.2 Å². The largest absolute Gasteiger partial charge is 0.506 e. The third kappa shape index (κ3) is 5.06. The summed E-state index contributed by atoms with van der Waals surface area (Å²) in [6.07, 6.45) is -5.41. The van der Waals surface area contributed by atoms with E-state index < -0.39 is 18.6 Å². The fourth-order valence-corrected chi connectivity index (χ4v) is 3.00. The Balaban J connectivity index is 0.00000242. The van der Waals surface area contributed by atoms with Crippen molar-refractivity contribution in [2.75, 3.05) is 26.2 Å². The van der Waals surface area contributed by atoms with Gasteiger partial charge >= 0.3 is 6.18 Å². The molecular weight excluding hydrogens is 364 g/mol. The summed E-state index contributed by atoms with van der Waals surface area (Å²) in [4.78, 5) is 1.69. The second-order valence-corrected chi connectivity index (χ2v) is 5.79. The van der Waals surface area contributed by atoms with Crippen molar-refractivity contribution in [3.05, 3.63) is 27.7 Å². The molecule has 22 heavy (non-hydrogen) atoms. The van der Waals surface area contributed by atoms with Crippen LogP contribution in [0.15, 0.2) is 12.1 Å². The Morgan fingerprint density at radius 2 is 1.82 bits per heavy atom. The van der Waals surface area contributed by atoms with Gasteiger partial charge in [0.25, 0.3) is 0 Å². The van der Waals surface area contributed by atoms with Crippen LogP contribution >= 0.6 is 35.6 Å². The molecule has 0 amide bonds. The number of phenolic OH excluding ortho intramolecular Hbond substituents is 1. The molecule has 9 heteroatoms. The lowest BCUT2D eigenvalue weighted by molar-refractivity contribution is -0.148. The fraction of sp³-hybridized carbons (Fsp3) is 0.538. The van der Waals surface area contributed by atoms with E-state index in [1.165, 1.54) is 12.1 Å². The Bertz CT molecular complexity index is 508. The zero-order valence-corrected chi connectivity index (χ0v) is 13.8. The van der Waals surface area contributed by atoms with Crippen LogP contribution in [0, 0.1) is 0 Å². The maximum atomic E-state index is 12.9. The average molecular weight is 380 g/mol. The molecule has 0 bridgehead atoms. The number of piperazine rings is 1. The summed E-state index contributed by atoms with van der Waals surface area (Å²) in [5, 5.41) is 13.3. The zero-order valence-electron chi connectivity index (χ0n) is 11.5. The number of halogens is 6. The SMILES string of the molecule is Cl.Oc1c(Cl)cc(Cl)cc1[C@@H](CC(F)(F)F)N1CCNCC1. The monoisotopic (exact) mass is 378 g/mol. The van der Waals surface area contributed by atoms with Crippen LogP contribution in [0.2, 0.25) is 10.0 Å². The van der Waals surface area contributed by atoms with E-state index in [0.29, 0.717) is 26.2 Å². The Hall–Kier alpha value is -0.400. The second kappa shape index (κ2) is 7.93. The lowest BCUT2D eigenvalue weighted by atomic mass is 9.99. The first-order valence-corrected chi connectivity index (χ1v) is 7.23. The highest BCUT2D eigenvalue weighted by Crippen LogP contribution is 2.41. The molecule has 0 saturated carbocycles. The predicted octanol–water partition coefficient (Wildman–Crippen LogP) is 4.02. The third-order valence-corrected chi connectivity index (χ3v) is 3.94. The molecule has 1 atom stereocenters. The molecule has 1 fully saturated rings. The van der Waals surface area contributed by atoms with Crippen molar-refractivity contribution in [1.29, 1.82) is 0 Å². The summed E-state index contributed by atoms with van der Waals surface area (Å²) >= 11 is 11.7. The first kappa shape index (κ1) is 19.6. The number of phenols is 1. The van der Waals surface area contributed by atoms with Gasteiger partial charge in [-0.05, 0) is 12.1 Å². The fourth-order valence-electron chi connectivity index (χ4n) is 2.49. The molecule has 0 aliphatic carbocycles. The quantitative estimate of drug-likeness (QED) is 0.833. The van der Waals surface area contributed by atoms with Crippen LogP contribution in [0.4, 0.5) is 13.2 Å². The molecule has 0 spiro atoms. The van der Waals surface area contributed by atoms with Crippen molar-refractivity contribution in [3.63, 3.8) is 0 Å². The van der Waals surface area contributed by atoms with Gasteiger partial charge in [0.05, 0.1) is 11.4 Å². The Morgan fingerprint density at radius 3 is 2.36 bits per heavy atom. The highest BCUT2D eigenvalue weighted by Gasteiger charge is 2.37. The van der Waals surface area contributed by atoms with Gasteiger partial charge < -0.3 is 10.4 Å².